The third-order valence-electron chi connectivity index (χ3n) is 4.57. The molecule has 7 heteroatoms. The number of primary amides is 1. The van der Waals surface area contributed by atoms with Gasteiger partial charge in [-0.15, -0.1) is 0 Å². The van der Waals surface area contributed by atoms with Gasteiger partial charge in [0.15, 0.2) is 0 Å². The summed E-state index contributed by atoms with van der Waals surface area (Å²) < 4.78 is 0. The molecule has 0 saturated carbocycles. The van der Waals surface area contributed by atoms with Crippen LogP contribution in [-0.2, 0) is 12.8 Å². The molecular formula is C21H19Cl2N3O2. The normalized spacial score (nSPS) is 10.9. The first-order valence-electron chi connectivity index (χ1n) is 8.87. The van der Waals surface area contributed by atoms with Crippen LogP contribution in [0.25, 0.3) is 10.9 Å². The molecule has 0 bridgehead atoms. The van der Waals surface area contributed by atoms with Gasteiger partial charge in [0.2, 0.25) is 0 Å². The van der Waals surface area contributed by atoms with Crippen molar-refractivity contribution in [2.75, 3.05) is 5.32 Å². The van der Waals surface area contributed by atoms with Crippen LogP contribution in [0.3, 0.4) is 0 Å². The molecule has 0 spiro atoms. The van der Waals surface area contributed by atoms with Gasteiger partial charge in [0.05, 0.1) is 11.1 Å². The third kappa shape index (κ3) is 3.81. The van der Waals surface area contributed by atoms with Crippen molar-refractivity contribution in [3.05, 3.63) is 68.8 Å². The molecule has 0 fully saturated rings. The molecule has 1 heterocycles. The van der Waals surface area contributed by atoms with E-state index in [-0.39, 0.29) is 11.3 Å². The number of carbonyl (C=O) groups is 2. The number of fused-ring (bicyclic) bond motifs is 1. The van der Waals surface area contributed by atoms with Crippen LogP contribution in [0.15, 0.2) is 36.4 Å². The smallest absolute Gasteiger partial charge is 0.275 e. The Hall–Kier alpha value is -2.63. The third-order valence-corrected chi connectivity index (χ3v) is 5.16. The number of hydrogen-bond acceptors (Lipinski definition) is 3. The minimum Gasteiger partial charge on any atom is -0.366 e. The number of anilines is 1. The van der Waals surface area contributed by atoms with Gasteiger partial charge in [0.25, 0.3) is 11.8 Å². The molecule has 0 aliphatic heterocycles. The van der Waals surface area contributed by atoms with Crippen molar-refractivity contribution in [3.63, 3.8) is 0 Å². The summed E-state index contributed by atoms with van der Waals surface area (Å²) in [5.41, 5.74) is 8.47. The van der Waals surface area contributed by atoms with Crippen LogP contribution >= 0.6 is 23.2 Å². The topological polar surface area (TPSA) is 85.1 Å². The minimum atomic E-state index is -0.739. The van der Waals surface area contributed by atoms with Gasteiger partial charge in [-0.05, 0) is 54.3 Å². The molecule has 1 aromatic heterocycles. The Kier molecular flexibility index (Phi) is 5.87. The van der Waals surface area contributed by atoms with Gasteiger partial charge in [-0.25, -0.2) is 4.98 Å². The zero-order chi connectivity index (χ0) is 20.4. The summed E-state index contributed by atoms with van der Waals surface area (Å²) in [5.74, 6) is -1.26. The first-order valence-corrected chi connectivity index (χ1v) is 9.63. The Balaban J connectivity index is 2.12. The maximum Gasteiger partial charge on any atom is 0.275 e. The van der Waals surface area contributed by atoms with Crippen molar-refractivity contribution >= 4 is 51.6 Å². The fraction of sp³-hybridized carbons (Fsp3) is 0.190. The molecule has 144 valence electrons. The van der Waals surface area contributed by atoms with Gasteiger partial charge in [-0.2, -0.15) is 0 Å². The Morgan fingerprint density at radius 3 is 2.46 bits per heavy atom. The first kappa shape index (κ1) is 20.1. The summed E-state index contributed by atoms with van der Waals surface area (Å²) in [6.07, 6.45) is 1.36. The molecule has 0 unspecified atom stereocenters. The second-order valence-electron chi connectivity index (χ2n) is 6.31. The standard InChI is InChI=1S/C21H19Cl2N3O2/c1-3-11-5-7-16(23)14(4-2)18(11)26-21(28)19-15(20(24)27)10-12-9-13(22)6-8-17(12)25-19/h5-10H,3-4H2,1-2H3,(H2,24,27)(H,26,28). The second kappa shape index (κ2) is 8.17. The Bertz CT molecular complexity index is 1100. The Labute approximate surface area is 172 Å². The van der Waals surface area contributed by atoms with Crippen molar-refractivity contribution in [1.29, 1.82) is 0 Å². The first-order chi connectivity index (χ1) is 13.3. The molecule has 0 radical (unpaired) electrons. The lowest BCUT2D eigenvalue weighted by molar-refractivity contribution is 0.0974. The second-order valence-corrected chi connectivity index (χ2v) is 7.15. The summed E-state index contributed by atoms with van der Waals surface area (Å²) >= 11 is 12.3. The van der Waals surface area contributed by atoms with Crippen LogP contribution in [0.1, 0.15) is 45.8 Å². The van der Waals surface area contributed by atoms with E-state index in [0.29, 0.717) is 39.5 Å². The SMILES string of the molecule is CCc1ccc(Cl)c(CC)c1NC(=O)c1nc2ccc(Cl)cc2cc1C(N)=O. The number of carbonyl (C=O) groups excluding carboxylic acids is 2. The molecule has 2 aromatic carbocycles. The lowest BCUT2D eigenvalue weighted by Crippen LogP contribution is -2.23. The molecule has 28 heavy (non-hydrogen) atoms. The van der Waals surface area contributed by atoms with Crippen LogP contribution in [0.4, 0.5) is 5.69 Å². The van der Waals surface area contributed by atoms with Crippen molar-refractivity contribution in [3.8, 4) is 0 Å². The average Bonchev–Trinajstić information content (AvgIpc) is 2.67. The minimum absolute atomic E-state index is 0.0328. The summed E-state index contributed by atoms with van der Waals surface area (Å²) in [5, 5.41) is 4.59. The van der Waals surface area contributed by atoms with Crippen LogP contribution in [0, 0.1) is 0 Å². The van der Waals surface area contributed by atoms with Crippen molar-refractivity contribution in [2.45, 2.75) is 26.7 Å². The van der Waals surface area contributed by atoms with Crippen LogP contribution in [-0.4, -0.2) is 16.8 Å². The van der Waals surface area contributed by atoms with E-state index >= 15 is 0 Å². The fourth-order valence-electron chi connectivity index (χ4n) is 3.15. The van der Waals surface area contributed by atoms with Gasteiger partial charge in [-0.3, -0.25) is 9.59 Å². The predicted octanol–water partition coefficient (Wildman–Crippen LogP) is 5.02. The summed E-state index contributed by atoms with van der Waals surface area (Å²) in [6.45, 7) is 3.95. The van der Waals surface area contributed by atoms with Crippen molar-refractivity contribution in [2.24, 2.45) is 5.73 Å². The molecular weight excluding hydrogens is 397 g/mol. The van der Waals surface area contributed by atoms with E-state index < -0.39 is 11.8 Å². The highest BCUT2D eigenvalue weighted by Gasteiger charge is 2.21. The van der Waals surface area contributed by atoms with E-state index in [1.54, 1.807) is 18.2 Å². The van der Waals surface area contributed by atoms with E-state index in [2.05, 4.69) is 10.3 Å². The highest BCUT2D eigenvalue weighted by atomic mass is 35.5. The summed E-state index contributed by atoms with van der Waals surface area (Å²) in [4.78, 5) is 29.4. The highest BCUT2D eigenvalue weighted by Crippen LogP contribution is 2.30. The molecule has 0 aliphatic rings. The van der Waals surface area contributed by atoms with Gasteiger partial charge in [0.1, 0.15) is 5.69 Å². The van der Waals surface area contributed by atoms with E-state index in [1.807, 2.05) is 26.0 Å². The number of rotatable bonds is 5. The maximum atomic E-state index is 13.0. The number of amides is 2. The van der Waals surface area contributed by atoms with Gasteiger partial charge < -0.3 is 11.1 Å². The maximum absolute atomic E-state index is 13.0. The summed E-state index contributed by atoms with van der Waals surface area (Å²) in [6, 6.07) is 10.3. The molecule has 2 amide bonds. The molecule has 0 aliphatic carbocycles. The van der Waals surface area contributed by atoms with Crippen LogP contribution in [0.5, 0.6) is 0 Å². The van der Waals surface area contributed by atoms with Crippen LogP contribution < -0.4 is 11.1 Å². The largest absolute Gasteiger partial charge is 0.366 e. The lowest BCUT2D eigenvalue weighted by atomic mass is 10.0. The number of aromatic nitrogens is 1. The van der Waals surface area contributed by atoms with E-state index in [0.717, 1.165) is 11.1 Å². The molecule has 3 rings (SSSR count). The monoisotopic (exact) mass is 415 g/mol. The Morgan fingerprint density at radius 2 is 1.82 bits per heavy atom. The number of hydrogen-bond donors (Lipinski definition) is 2. The lowest BCUT2D eigenvalue weighted by Gasteiger charge is -2.16. The summed E-state index contributed by atoms with van der Waals surface area (Å²) in [7, 11) is 0. The number of nitrogens with one attached hydrogen (secondary N) is 1. The van der Waals surface area contributed by atoms with Gasteiger partial charge in [0, 0.05) is 21.1 Å². The zero-order valence-corrected chi connectivity index (χ0v) is 17.0. The quantitative estimate of drug-likeness (QED) is 0.613. The van der Waals surface area contributed by atoms with E-state index in [4.69, 9.17) is 28.9 Å². The number of pyridine rings is 1. The molecule has 3 N–H and O–H groups in total. The highest BCUT2D eigenvalue weighted by molar-refractivity contribution is 6.32. The number of nitrogens with zero attached hydrogens (tertiary/aromatic N) is 1. The van der Waals surface area contributed by atoms with Crippen molar-refractivity contribution in [1.82, 2.24) is 4.98 Å². The number of halogens is 2. The van der Waals surface area contributed by atoms with E-state index in [9.17, 15) is 9.59 Å². The average molecular weight is 416 g/mol. The molecule has 3 aromatic rings. The van der Waals surface area contributed by atoms with Gasteiger partial charge >= 0.3 is 0 Å². The van der Waals surface area contributed by atoms with Crippen LogP contribution in [0.2, 0.25) is 10.0 Å². The number of aryl methyl sites for hydroxylation is 1. The predicted molar refractivity (Wildman–Crippen MR) is 113 cm³/mol. The fourth-order valence-corrected chi connectivity index (χ4v) is 3.62. The molecule has 0 saturated heterocycles. The zero-order valence-electron chi connectivity index (χ0n) is 15.5. The number of benzene rings is 2. The molecule has 0 atom stereocenters. The molecule has 5 nitrogen and oxygen atoms in total. The van der Waals surface area contributed by atoms with E-state index in [1.165, 1.54) is 6.07 Å². The number of nitrogens with two attached hydrogens (primary N) is 1. The van der Waals surface area contributed by atoms with Gasteiger partial charge in [-0.1, -0.05) is 43.1 Å². The van der Waals surface area contributed by atoms with Crippen molar-refractivity contribution < 1.29 is 9.59 Å². The Morgan fingerprint density at radius 1 is 1.07 bits per heavy atom.